The van der Waals surface area contributed by atoms with E-state index in [1.165, 1.54) is 0 Å². The number of nitrogens with one attached hydrogen (secondary N) is 2. The Morgan fingerprint density at radius 2 is 2.36 bits per heavy atom. The largest absolute Gasteiger partial charge is 0.396 e. The number of aliphatic hydroxyl groups is 1. The highest BCUT2D eigenvalue weighted by atomic mass is 16.2. The molecule has 0 saturated carbocycles. The minimum atomic E-state index is 0.0413. The van der Waals surface area contributed by atoms with E-state index in [1.807, 2.05) is 18.5 Å². The third-order valence-corrected chi connectivity index (χ3v) is 1.96. The molecule has 0 aliphatic heterocycles. The Bertz CT molecular complexity index is 257. The van der Waals surface area contributed by atoms with Crippen LogP contribution in [0.2, 0.25) is 0 Å². The van der Waals surface area contributed by atoms with Gasteiger partial charge in [0.1, 0.15) is 0 Å². The van der Waals surface area contributed by atoms with Gasteiger partial charge >= 0.3 is 0 Å². The molecule has 78 valence electrons. The molecule has 14 heavy (non-hydrogen) atoms. The lowest BCUT2D eigenvalue weighted by atomic mass is 10.2. The highest BCUT2D eigenvalue weighted by Crippen LogP contribution is 1.97. The number of carbonyl (C=O) groups is 1. The van der Waals surface area contributed by atoms with Crippen LogP contribution in [0.4, 0.5) is 0 Å². The maximum atomic E-state index is 11.2. The van der Waals surface area contributed by atoms with Gasteiger partial charge in [-0.1, -0.05) is 0 Å². The zero-order valence-corrected chi connectivity index (χ0v) is 8.12. The number of unbranched alkanes of at least 4 members (excludes halogenated alkanes) is 1. The Morgan fingerprint density at radius 1 is 1.50 bits per heavy atom. The summed E-state index contributed by atoms with van der Waals surface area (Å²) in [6, 6.07) is 1.92. The SMILES string of the molecule is O=C(CCCCO)NCc1cc[nH]c1. The van der Waals surface area contributed by atoms with Crippen LogP contribution >= 0.6 is 0 Å². The van der Waals surface area contributed by atoms with Gasteiger partial charge in [-0.3, -0.25) is 4.79 Å². The summed E-state index contributed by atoms with van der Waals surface area (Å²) < 4.78 is 0. The molecule has 0 atom stereocenters. The molecule has 1 heterocycles. The number of aliphatic hydroxyl groups excluding tert-OH is 1. The number of hydrogen-bond donors (Lipinski definition) is 3. The first-order valence-corrected chi connectivity index (χ1v) is 4.82. The molecule has 3 N–H and O–H groups in total. The lowest BCUT2D eigenvalue weighted by Gasteiger charge is -2.02. The van der Waals surface area contributed by atoms with Gasteiger partial charge in [-0.25, -0.2) is 0 Å². The van der Waals surface area contributed by atoms with Gasteiger partial charge in [0, 0.05) is 32.0 Å². The van der Waals surface area contributed by atoms with Crippen LogP contribution in [0.5, 0.6) is 0 Å². The standard InChI is InChI=1S/C10H16N2O2/c13-6-2-1-3-10(14)12-8-9-4-5-11-7-9/h4-5,7,11,13H,1-3,6,8H2,(H,12,14). The fourth-order valence-corrected chi connectivity index (χ4v) is 1.15. The van der Waals surface area contributed by atoms with Crippen molar-refractivity contribution in [3.63, 3.8) is 0 Å². The summed E-state index contributed by atoms with van der Waals surface area (Å²) >= 11 is 0. The molecule has 4 heteroatoms. The molecule has 1 rings (SSSR count). The number of amides is 1. The first-order valence-electron chi connectivity index (χ1n) is 4.82. The lowest BCUT2D eigenvalue weighted by Crippen LogP contribution is -2.22. The van der Waals surface area contributed by atoms with E-state index in [2.05, 4.69) is 10.3 Å². The molecule has 0 radical (unpaired) electrons. The van der Waals surface area contributed by atoms with Gasteiger partial charge in [-0.2, -0.15) is 0 Å². The molecular weight excluding hydrogens is 180 g/mol. The summed E-state index contributed by atoms with van der Waals surface area (Å²) in [4.78, 5) is 14.1. The van der Waals surface area contributed by atoms with Gasteiger partial charge in [0.25, 0.3) is 0 Å². The number of H-pyrrole nitrogens is 1. The highest BCUT2D eigenvalue weighted by molar-refractivity contribution is 5.75. The maximum absolute atomic E-state index is 11.2. The predicted molar refractivity (Wildman–Crippen MR) is 53.6 cm³/mol. The lowest BCUT2D eigenvalue weighted by molar-refractivity contribution is -0.121. The van der Waals surface area contributed by atoms with E-state index in [9.17, 15) is 4.79 Å². The van der Waals surface area contributed by atoms with Crippen LogP contribution in [-0.4, -0.2) is 22.6 Å². The van der Waals surface area contributed by atoms with Crippen LogP contribution in [0.25, 0.3) is 0 Å². The predicted octanol–water partition coefficient (Wildman–Crippen LogP) is 0.793. The van der Waals surface area contributed by atoms with Gasteiger partial charge in [0.2, 0.25) is 5.91 Å². The Labute approximate surface area is 83.3 Å². The second-order valence-electron chi connectivity index (χ2n) is 3.18. The van der Waals surface area contributed by atoms with E-state index < -0.39 is 0 Å². The van der Waals surface area contributed by atoms with E-state index in [1.54, 1.807) is 0 Å². The second kappa shape index (κ2) is 6.21. The number of aromatic nitrogens is 1. The van der Waals surface area contributed by atoms with Crippen molar-refractivity contribution >= 4 is 5.91 Å². The van der Waals surface area contributed by atoms with Crippen LogP contribution in [0, 0.1) is 0 Å². The van der Waals surface area contributed by atoms with Gasteiger partial charge in [0.05, 0.1) is 0 Å². The van der Waals surface area contributed by atoms with Crippen LogP contribution < -0.4 is 5.32 Å². The van der Waals surface area contributed by atoms with E-state index in [0.717, 1.165) is 12.0 Å². The normalized spacial score (nSPS) is 10.1. The summed E-state index contributed by atoms with van der Waals surface area (Å²) in [5, 5.41) is 11.3. The van der Waals surface area contributed by atoms with Gasteiger partial charge in [-0.05, 0) is 24.5 Å². The van der Waals surface area contributed by atoms with Crippen LogP contribution in [-0.2, 0) is 11.3 Å². The summed E-state index contributed by atoms with van der Waals surface area (Å²) in [7, 11) is 0. The van der Waals surface area contributed by atoms with Crippen molar-refractivity contribution in [2.24, 2.45) is 0 Å². The summed E-state index contributed by atoms with van der Waals surface area (Å²) in [6.07, 6.45) is 5.61. The second-order valence-corrected chi connectivity index (χ2v) is 3.18. The third-order valence-electron chi connectivity index (χ3n) is 1.96. The molecule has 0 bridgehead atoms. The first kappa shape index (κ1) is 10.8. The third kappa shape index (κ3) is 4.09. The maximum Gasteiger partial charge on any atom is 0.220 e. The molecule has 0 aliphatic rings. The van der Waals surface area contributed by atoms with Crippen molar-refractivity contribution in [1.29, 1.82) is 0 Å². The molecule has 1 amide bonds. The average Bonchev–Trinajstić information content (AvgIpc) is 2.68. The topological polar surface area (TPSA) is 65.1 Å². The smallest absolute Gasteiger partial charge is 0.220 e. The summed E-state index contributed by atoms with van der Waals surface area (Å²) in [5.74, 6) is 0.0413. The zero-order valence-electron chi connectivity index (χ0n) is 8.12. The van der Waals surface area contributed by atoms with Crippen molar-refractivity contribution in [2.75, 3.05) is 6.61 Å². The highest BCUT2D eigenvalue weighted by Gasteiger charge is 2.00. The molecule has 1 aromatic heterocycles. The Balaban J connectivity index is 2.09. The van der Waals surface area contributed by atoms with Crippen molar-refractivity contribution < 1.29 is 9.90 Å². The molecule has 4 nitrogen and oxygen atoms in total. The quantitative estimate of drug-likeness (QED) is 0.589. The fraction of sp³-hybridized carbons (Fsp3) is 0.500. The Morgan fingerprint density at radius 3 is 3.00 bits per heavy atom. The molecular formula is C10H16N2O2. The minimum Gasteiger partial charge on any atom is -0.396 e. The number of carbonyl (C=O) groups excluding carboxylic acids is 1. The van der Waals surface area contributed by atoms with E-state index in [-0.39, 0.29) is 12.5 Å². The van der Waals surface area contributed by atoms with Crippen molar-refractivity contribution in [2.45, 2.75) is 25.8 Å². The molecule has 0 spiro atoms. The van der Waals surface area contributed by atoms with E-state index in [4.69, 9.17) is 5.11 Å². The molecule has 0 fully saturated rings. The van der Waals surface area contributed by atoms with Gasteiger partial charge in [-0.15, -0.1) is 0 Å². The number of hydrogen-bond acceptors (Lipinski definition) is 2. The Hall–Kier alpha value is -1.29. The minimum absolute atomic E-state index is 0.0413. The summed E-state index contributed by atoms with van der Waals surface area (Å²) in [6.45, 7) is 0.729. The van der Waals surface area contributed by atoms with E-state index >= 15 is 0 Å². The van der Waals surface area contributed by atoms with Gasteiger partial charge in [0.15, 0.2) is 0 Å². The van der Waals surface area contributed by atoms with Crippen molar-refractivity contribution in [3.05, 3.63) is 24.0 Å². The molecule has 0 unspecified atom stereocenters. The van der Waals surface area contributed by atoms with Crippen LogP contribution in [0.3, 0.4) is 0 Å². The summed E-state index contributed by atoms with van der Waals surface area (Å²) in [5.41, 5.74) is 1.07. The van der Waals surface area contributed by atoms with Crippen LogP contribution in [0.15, 0.2) is 18.5 Å². The number of rotatable bonds is 6. The monoisotopic (exact) mass is 196 g/mol. The Kier molecular flexibility index (Phi) is 4.78. The van der Waals surface area contributed by atoms with Crippen molar-refractivity contribution in [3.8, 4) is 0 Å². The van der Waals surface area contributed by atoms with E-state index in [0.29, 0.717) is 19.4 Å². The fourth-order valence-electron chi connectivity index (χ4n) is 1.15. The first-order chi connectivity index (χ1) is 6.83. The number of aromatic amines is 1. The molecule has 0 aromatic carbocycles. The molecule has 0 aliphatic carbocycles. The molecule has 1 aromatic rings. The zero-order chi connectivity index (χ0) is 10.2. The van der Waals surface area contributed by atoms with Gasteiger partial charge < -0.3 is 15.4 Å². The van der Waals surface area contributed by atoms with Crippen LogP contribution in [0.1, 0.15) is 24.8 Å². The molecule has 0 saturated heterocycles. The van der Waals surface area contributed by atoms with Crippen molar-refractivity contribution in [1.82, 2.24) is 10.3 Å². The average molecular weight is 196 g/mol.